The number of nitro groups is 1. The number of piperazine rings is 1. The second-order valence-corrected chi connectivity index (χ2v) is 21.7. The number of aromatic nitrogens is 1. The Balaban J connectivity index is 0.936. The molecular weight excluding hydrogens is 932 g/mol. The van der Waals surface area contributed by atoms with Crippen molar-refractivity contribution in [1.29, 1.82) is 0 Å². The molecule has 1 aliphatic heterocycles. The van der Waals surface area contributed by atoms with E-state index in [1.54, 1.807) is 30.8 Å². The molecule has 14 nitrogen and oxygen atoms in total. The molecule has 2 aliphatic rings. The van der Waals surface area contributed by atoms with Gasteiger partial charge in [0.1, 0.15) is 5.69 Å². The molecule has 1 aromatic heterocycles. The van der Waals surface area contributed by atoms with Crippen LogP contribution in [0.15, 0.2) is 131 Å². The molecule has 17 heteroatoms. The molecule has 0 bridgehead atoms. The van der Waals surface area contributed by atoms with Crippen molar-refractivity contribution in [3.8, 4) is 22.4 Å². The maximum absolute atomic E-state index is 14.1. The van der Waals surface area contributed by atoms with E-state index < -0.39 is 20.5 Å². The quantitative estimate of drug-likeness (QED) is 0.0368. The highest BCUT2D eigenvalue weighted by Crippen LogP contribution is 2.41. The van der Waals surface area contributed by atoms with E-state index in [9.17, 15) is 28.4 Å². The van der Waals surface area contributed by atoms with Crippen LogP contribution in [0.2, 0.25) is 5.02 Å². The lowest BCUT2D eigenvalue weighted by Gasteiger charge is -2.41. The van der Waals surface area contributed by atoms with Crippen LogP contribution in [0.3, 0.4) is 0 Å². The fourth-order valence-corrected chi connectivity index (χ4v) is 11.4. The lowest BCUT2D eigenvalue weighted by Crippen LogP contribution is -2.53. The minimum Gasteiger partial charge on any atom is -0.390 e. The Bertz CT molecular complexity index is 2900. The van der Waals surface area contributed by atoms with Gasteiger partial charge in [0.15, 0.2) is 0 Å². The van der Waals surface area contributed by atoms with E-state index in [0.717, 1.165) is 76.5 Å². The molecule has 69 heavy (non-hydrogen) atoms. The summed E-state index contributed by atoms with van der Waals surface area (Å²) in [7, 11) is 1.75. The normalized spacial score (nSPS) is 17.6. The number of hydrogen-bond donors (Lipinski definition) is 4. The van der Waals surface area contributed by atoms with Crippen molar-refractivity contribution in [2.75, 3.05) is 72.4 Å². The van der Waals surface area contributed by atoms with Gasteiger partial charge in [-0.05, 0) is 138 Å². The number of aliphatic hydroxyl groups is 1. The van der Waals surface area contributed by atoms with Crippen LogP contribution in [0.4, 0.5) is 28.4 Å². The number of hydrogen-bond acceptors (Lipinski definition) is 11. The first-order chi connectivity index (χ1) is 32.9. The molecule has 2 heterocycles. The Kier molecular flexibility index (Phi) is 15.0. The monoisotopic (exact) mass is 990 g/mol. The third-order valence-corrected chi connectivity index (χ3v) is 15.8. The second kappa shape index (κ2) is 20.9. The minimum atomic E-state index is -4.17. The molecule has 0 spiro atoms. The van der Waals surface area contributed by atoms with Crippen LogP contribution in [0, 0.1) is 17.0 Å². The van der Waals surface area contributed by atoms with Crippen LogP contribution in [-0.2, 0) is 17.1 Å². The number of halogens is 1. The van der Waals surface area contributed by atoms with Crippen LogP contribution in [0.25, 0.3) is 22.4 Å². The Morgan fingerprint density at radius 3 is 2.20 bits per heavy atom. The first-order valence-corrected chi connectivity index (χ1v) is 25.9. The largest absolute Gasteiger partial charge is 0.390 e. The van der Waals surface area contributed by atoms with Gasteiger partial charge in [-0.15, -0.1) is 11.8 Å². The van der Waals surface area contributed by atoms with E-state index in [4.69, 9.17) is 11.6 Å². The fraction of sp³-hybridized carbons (Fsp3) is 0.327. The number of carbonyl (C=O) groups is 1. The molecule has 2 fully saturated rings. The summed E-state index contributed by atoms with van der Waals surface area (Å²) >= 11 is 7.96. The highest BCUT2D eigenvalue weighted by Gasteiger charge is 2.40. The molecular formula is C52H59ClN8O6S2. The number of benzene rings is 5. The van der Waals surface area contributed by atoms with Crippen molar-refractivity contribution in [2.45, 2.75) is 60.6 Å². The van der Waals surface area contributed by atoms with Gasteiger partial charge < -0.3 is 35.0 Å². The second-order valence-electron chi connectivity index (χ2n) is 18.5. The molecule has 1 aliphatic carbocycles. The average Bonchev–Trinajstić information content (AvgIpc) is 3.59. The van der Waals surface area contributed by atoms with Crippen molar-refractivity contribution in [1.82, 2.24) is 14.8 Å². The Morgan fingerprint density at radius 2 is 1.57 bits per heavy atom. The van der Waals surface area contributed by atoms with Crippen LogP contribution < -0.4 is 25.2 Å². The number of amides is 1. The van der Waals surface area contributed by atoms with E-state index in [2.05, 4.69) is 46.8 Å². The van der Waals surface area contributed by atoms with Crippen molar-refractivity contribution in [3.63, 3.8) is 0 Å². The summed E-state index contributed by atoms with van der Waals surface area (Å²) in [5, 5.41) is 29.8. The topological polar surface area (TPSA) is 165 Å². The van der Waals surface area contributed by atoms with Gasteiger partial charge in [-0.1, -0.05) is 54.1 Å². The predicted molar refractivity (Wildman–Crippen MR) is 280 cm³/mol. The van der Waals surface area contributed by atoms with Crippen LogP contribution >= 0.6 is 23.4 Å². The van der Waals surface area contributed by atoms with E-state index in [0.29, 0.717) is 48.0 Å². The third-order valence-electron chi connectivity index (χ3n) is 13.0. The molecule has 362 valence electrons. The molecule has 1 amide bonds. The number of nitro benzene ring substituents is 1. The summed E-state index contributed by atoms with van der Waals surface area (Å²) in [6.45, 7) is 7.37. The zero-order chi connectivity index (χ0) is 49.0. The van der Waals surface area contributed by atoms with Crippen LogP contribution in [0.5, 0.6) is 0 Å². The number of rotatable bonds is 18. The first-order valence-electron chi connectivity index (χ1n) is 23.0. The van der Waals surface area contributed by atoms with Gasteiger partial charge in [0.2, 0.25) is 0 Å². The summed E-state index contributed by atoms with van der Waals surface area (Å²) in [6, 6.07) is 36.8. The van der Waals surface area contributed by atoms with E-state index in [-0.39, 0.29) is 34.3 Å². The lowest BCUT2D eigenvalue weighted by molar-refractivity contribution is -0.384. The van der Waals surface area contributed by atoms with E-state index in [1.165, 1.54) is 12.1 Å². The maximum atomic E-state index is 14.1. The van der Waals surface area contributed by atoms with E-state index >= 15 is 0 Å². The lowest BCUT2D eigenvalue weighted by atomic mass is 9.77. The summed E-state index contributed by atoms with van der Waals surface area (Å²) < 4.78 is 32.0. The van der Waals surface area contributed by atoms with Crippen molar-refractivity contribution in [2.24, 2.45) is 7.05 Å². The average molecular weight is 992 g/mol. The molecule has 1 saturated carbocycles. The SMILES string of the molecule is Cc1c(C(=O)NC2CC(C)(O)C2)c(-c2cccc(N3CCN(c4ccc(NS(=O)(=O)c5ccc(N[C@H](CCN(C)C)CSc6ccccc6)c([N+](=O)[O-])c5)cc4)CC3)c2)c(-c2ccc(Cl)cc2)n1C. The molecule has 1 saturated heterocycles. The van der Waals surface area contributed by atoms with Gasteiger partial charge in [0, 0.05) is 95.4 Å². The number of nitrogens with one attached hydrogen (secondary N) is 3. The Hall–Kier alpha value is -6.04. The zero-order valence-electron chi connectivity index (χ0n) is 39.5. The molecule has 5 aromatic carbocycles. The number of carbonyl (C=O) groups excluding carboxylic acids is 1. The number of anilines is 4. The molecule has 6 aromatic rings. The summed E-state index contributed by atoms with van der Waals surface area (Å²) in [6.07, 6.45) is 1.74. The Labute approximate surface area is 413 Å². The predicted octanol–water partition coefficient (Wildman–Crippen LogP) is 9.52. The van der Waals surface area contributed by atoms with Gasteiger partial charge in [-0.25, -0.2) is 8.42 Å². The van der Waals surface area contributed by atoms with Crippen molar-refractivity contribution < 1.29 is 23.2 Å². The van der Waals surface area contributed by atoms with Crippen molar-refractivity contribution >= 4 is 67.7 Å². The summed E-state index contributed by atoms with van der Waals surface area (Å²) in [4.78, 5) is 33.4. The zero-order valence-corrected chi connectivity index (χ0v) is 41.9. The highest BCUT2D eigenvalue weighted by atomic mass is 35.5. The van der Waals surface area contributed by atoms with Crippen LogP contribution in [-0.4, -0.2) is 104 Å². The van der Waals surface area contributed by atoms with Gasteiger partial charge >= 0.3 is 0 Å². The highest BCUT2D eigenvalue weighted by molar-refractivity contribution is 7.99. The summed E-state index contributed by atoms with van der Waals surface area (Å²) in [5.41, 5.74) is 6.48. The standard InChI is InChI=1S/C52H59ClN8O6S2/c1-35-48(51(62)55-41-32-52(2,63)33-41)49(50(58(35)5)36-14-16-38(53)17-15-36)37-10-9-11-43(30-37)60-28-26-59(27-29-60)42-20-18-39(19-21-42)56-69(66,67)45-22-23-46(47(31-45)61(64)65)54-40(24-25-57(3)4)34-68-44-12-7-6-8-13-44/h6-23,30-31,40-41,54,56,63H,24-29,32-34H2,1-5H3,(H,55,62)/t40-,41?,52?/m1/s1. The summed E-state index contributed by atoms with van der Waals surface area (Å²) in [5.74, 6) is 0.492. The number of thioether (sulfide) groups is 1. The number of sulfonamides is 1. The van der Waals surface area contributed by atoms with Gasteiger partial charge in [0.25, 0.3) is 21.6 Å². The maximum Gasteiger partial charge on any atom is 0.293 e. The third kappa shape index (κ3) is 11.7. The van der Waals surface area contributed by atoms with Gasteiger partial charge in [-0.2, -0.15) is 0 Å². The molecule has 8 rings (SSSR count). The van der Waals surface area contributed by atoms with E-state index in [1.807, 2.05) is 107 Å². The molecule has 0 radical (unpaired) electrons. The number of nitrogens with zero attached hydrogens (tertiary/aromatic N) is 5. The first kappa shape index (κ1) is 49.4. The van der Waals surface area contributed by atoms with Crippen molar-refractivity contribution in [3.05, 3.63) is 148 Å². The van der Waals surface area contributed by atoms with Gasteiger partial charge in [-0.3, -0.25) is 19.6 Å². The minimum absolute atomic E-state index is 0.105. The Morgan fingerprint density at radius 1 is 0.899 bits per heavy atom. The van der Waals surface area contributed by atoms with Gasteiger partial charge in [0.05, 0.1) is 26.7 Å². The fourth-order valence-electron chi connectivity index (χ4n) is 9.20. The molecule has 1 atom stereocenters. The molecule has 4 N–H and O–H groups in total. The smallest absolute Gasteiger partial charge is 0.293 e. The van der Waals surface area contributed by atoms with Crippen LogP contribution in [0.1, 0.15) is 42.2 Å². The molecule has 0 unspecified atom stereocenters.